The topological polar surface area (TPSA) is 124 Å². The second-order valence-electron chi connectivity index (χ2n) is 10.7. The molecule has 236 valence electrons. The van der Waals surface area contributed by atoms with Crippen molar-refractivity contribution >= 4 is 11.9 Å². The minimum absolute atomic E-state index is 0.208. The van der Waals surface area contributed by atoms with Gasteiger partial charge < -0.3 is 15.2 Å². The van der Waals surface area contributed by atoms with E-state index in [0.29, 0.717) is 30.4 Å². The molecule has 4 N–H and O–H groups in total. The molecule has 0 radical (unpaired) electrons. The Morgan fingerprint density at radius 3 is 2.14 bits per heavy atom. The van der Waals surface area contributed by atoms with Crippen molar-refractivity contribution in [3.63, 3.8) is 0 Å². The molecule has 1 amide bonds. The highest BCUT2D eigenvalue weighted by Crippen LogP contribution is 2.41. The summed E-state index contributed by atoms with van der Waals surface area (Å²) in [5, 5.41) is 19.6. The van der Waals surface area contributed by atoms with Crippen LogP contribution in [0.3, 0.4) is 0 Å². The van der Waals surface area contributed by atoms with Crippen LogP contribution >= 0.6 is 0 Å². The van der Waals surface area contributed by atoms with Crippen molar-refractivity contribution in [3.05, 3.63) is 83.8 Å². The van der Waals surface area contributed by atoms with Gasteiger partial charge in [0.2, 0.25) is 5.88 Å². The van der Waals surface area contributed by atoms with Gasteiger partial charge in [0.25, 0.3) is 5.91 Å². The summed E-state index contributed by atoms with van der Waals surface area (Å²) < 4.78 is 50.6. The lowest BCUT2D eigenvalue weighted by atomic mass is 9.96. The number of hydrogen-bond donors (Lipinski definition) is 4. The van der Waals surface area contributed by atoms with Crippen molar-refractivity contribution in [2.24, 2.45) is 5.92 Å². The second-order valence-corrected chi connectivity index (χ2v) is 10.7. The fraction of sp³-hybridized carbons (Fsp3) is 0.387. The lowest BCUT2D eigenvalue weighted by Gasteiger charge is -2.32. The molecule has 2 aliphatic rings. The van der Waals surface area contributed by atoms with Crippen molar-refractivity contribution in [2.45, 2.75) is 37.4 Å². The van der Waals surface area contributed by atoms with Gasteiger partial charge in [0.15, 0.2) is 0 Å². The molecule has 0 bridgehead atoms. The van der Waals surface area contributed by atoms with Gasteiger partial charge in [0.1, 0.15) is 12.4 Å². The summed E-state index contributed by atoms with van der Waals surface area (Å²) >= 11 is 0. The van der Waals surface area contributed by atoms with Crippen molar-refractivity contribution in [2.75, 3.05) is 32.8 Å². The Kier molecular flexibility index (Phi) is 11.3. The van der Waals surface area contributed by atoms with Gasteiger partial charge in [-0.3, -0.25) is 14.9 Å². The highest BCUT2D eigenvalue weighted by molar-refractivity contribution is 5.92. The van der Waals surface area contributed by atoms with Crippen LogP contribution in [-0.4, -0.2) is 77.1 Å². The van der Waals surface area contributed by atoms with Gasteiger partial charge in [-0.05, 0) is 79.7 Å². The van der Waals surface area contributed by atoms with Gasteiger partial charge in [0, 0.05) is 30.8 Å². The molecule has 0 spiro atoms. The molecule has 2 unspecified atom stereocenters. The lowest BCUT2D eigenvalue weighted by Crippen LogP contribution is -2.39. The van der Waals surface area contributed by atoms with Crippen molar-refractivity contribution in [1.29, 1.82) is 0 Å². The van der Waals surface area contributed by atoms with Crippen molar-refractivity contribution in [3.8, 4) is 17.0 Å². The number of piperidine rings is 1. The largest absolute Gasteiger partial charge is 0.490 e. The first-order chi connectivity index (χ1) is 21.0. The maximum absolute atomic E-state index is 13.2. The molecule has 1 aliphatic carbocycles. The smallest absolute Gasteiger partial charge is 0.476 e. The molecule has 2 aromatic carbocycles. The van der Waals surface area contributed by atoms with E-state index >= 15 is 0 Å². The van der Waals surface area contributed by atoms with Crippen LogP contribution in [0.5, 0.6) is 5.88 Å². The third kappa shape index (κ3) is 9.73. The summed E-state index contributed by atoms with van der Waals surface area (Å²) in [5.41, 5.74) is 5.40. The molecular weight excluding hydrogens is 584 g/mol. The lowest BCUT2D eigenvalue weighted by molar-refractivity contribution is -0.192. The van der Waals surface area contributed by atoms with E-state index in [0.717, 1.165) is 37.3 Å². The number of aliphatic carboxylic acids is 1. The van der Waals surface area contributed by atoms with Gasteiger partial charge in [-0.25, -0.2) is 19.6 Å². The number of halogens is 4. The van der Waals surface area contributed by atoms with Crippen LogP contribution in [0.4, 0.5) is 17.6 Å². The van der Waals surface area contributed by atoms with Crippen LogP contribution < -0.4 is 15.5 Å². The van der Waals surface area contributed by atoms with E-state index in [1.165, 1.54) is 43.2 Å². The van der Waals surface area contributed by atoms with Crippen molar-refractivity contribution in [1.82, 2.24) is 20.7 Å². The number of nitrogens with zero attached hydrogens (tertiary/aromatic N) is 2. The number of hydrogen-bond acceptors (Lipinski definition) is 7. The number of carboxylic acid groups (broad SMARTS) is 1. The zero-order valence-electron chi connectivity index (χ0n) is 23.8. The summed E-state index contributed by atoms with van der Waals surface area (Å²) in [6.45, 7) is 4.59. The molecule has 2 fully saturated rings. The number of amides is 1. The fourth-order valence-corrected chi connectivity index (χ4v) is 5.03. The summed E-state index contributed by atoms with van der Waals surface area (Å²) in [7, 11) is 0. The number of hydroxylamine groups is 1. The van der Waals surface area contributed by atoms with Gasteiger partial charge in [-0.15, -0.1) is 0 Å². The molecule has 2 atom stereocenters. The Morgan fingerprint density at radius 1 is 0.977 bits per heavy atom. The predicted octanol–water partition coefficient (Wildman–Crippen LogP) is 4.88. The van der Waals surface area contributed by atoms with Gasteiger partial charge in [-0.2, -0.15) is 13.2 Å². The highest BCUT2D eigenvalue weighted by atomic mass is 19.4. The summed E-state index contributed by atoms with van der Waals surface area (Å²) in [6, 6.07) is 19.1. The number of carbonyl (C=O) groups is 2. The Balaban J connectivity index is 0.000000566. The van der Waals surface area contributed by atoms with E-state index in [4.69, 9.17) is 19.8 Å². The number of rotatable bonds is 10. The van der Waals surface area contributed by atoms with E-state index in [1.54, 1.807) is 17.6 Å². The normalized spacial score (nSPS) is 18.6. The summed E-state index contributed by atoms with van der Waals surface area (Å²) in [4.78, 5) is 26.8. The third-order valence-corrected chi connectivity index (χ3v) is 7.68. The number of aromatic nitrogens is 1. The number of pyridine rings is 1. The van der Waals surface area contributed by atoms with E-state index in [9.17, 15) is 22.4 Å². The standard InChI is InChI=1S/C29H33FN4O3.C2HF3O2/c30-25-8-5-22(6-9-25)21-1-3-23(4-2-21)26-17-27(26)31-18-20-11-13-34(14-12-20)15-16-37-28-10-7-24(19-32-28)29(35)33-36;3-2(4,5)1(6)7/h1-10,19-20,26-27,31,36H,11-18H2,(H,33,35);(H,6,7). The number of likely N-dealkylation sites (tertiary alicyclic amines) is 1. The van der Waals surface area contributed by atoms with E-state index in [2.05, 4.69) is 39.5 Å². The molecular formula is C31H34F4N4O5. The molecule has 13 heteroatoms. The summed E-state index contributed by atoms with van der Waals surface area (Å²) in [6.07, 6.45) is -0.154. The highest BCUT2D eigenvalue weighted by Gasteiger charge is 2.39. The Morgan fingerprint density at radius 2 is 1.59 bits per heavy atom. The van der Waals surface area contributed by atoms with E-state index in [-0.39, 0.29) is 11.4 Å². The van der Waals surface area contributed by atoms with E-state index in [1.807, 2.05) is 12.1 Å². The number of alkyl halides is 3. The molecule has 44 heavy (non-hydrogen) atoms. The zero-order valence-corrected chi connectivity index (χ0v) is 23.8. The molecule has 1 aromatic heterocycles. The Hall–Kier alpha value is -4.07. The Bertz CT molecular complexity index is 1360. The van der Waals surface area contributed by atoms with Gasteiger partial charge in [-0.1, -0.05) is 36.4 Å². The number of nitrogens with one attached hydrogen (secondary N) is 2. The second kappa shape index (κ2) is 15.1. The number of ether oxygens (including phenoxy) is 1. The molecule has 3 aromatic rings. The van der Waals surface area contributed by atoms with Crippen LogP contribution in [0.1, 0.15) is 41.1 Å². The quantitative estimate of drug-likeness (QED) is 0.144. The van der Waals surface area contributed by atoms with Crippen LogP contribution in [0.25, 0.3) is 11.1 Å². The average Bonchev–Trinajstić information content (AvgIpc) is 3.81. The van der Waals surface area contributed by atoms with Crippen LogP contribution in [0.2, 0.25) is 0 Å². The minimum Gasteiger partial charge on any atom is -0.476 e. The maximum atomic E-state index is 13.2. The number of carbonyl (C=O) groups excluding carboxylic acids is 1. The van der Waals surface area contributed by atoms with E-state index < -0.39 is 18.1 Å². The first-order valence-electron chi connectivity index (χ1n) is 14.2. The zero-order chi connectivity index (χ0) is 31.7. The first-order valence-corrected chi connectivity index (χ1v) is 14.2. The molecule has 1 aliphatic heterocycles. The van der Waals surface area contributed by atoms with Gasteiger partial charge >= 0.3 is 12.1 Å². The number of benzene rings is 2. The SMILES string of the molecule is O=C(NO)c1ccc(OCCN2CCC(CNC3CC3c3ccc(-c4ccc(F)cc4)cc3)CC2)nc1.O=C(O)C(F)(F)F. The maximum Gasteiger partial charge on any atom is 0.490 e. The van der Waals surface area contributed by atoms with Gasteiger partial charge in [0.05, 0.1) is 5.56 Å². The van der Waals surface area contributed by atoms with Crippen LogP contribution in [0, 0.1) is 11.7 Å². The summed E-state index contributed by atoms with van der Waals surface area (Å²) in [5.74, 6) is -1.80. The molecule has 9 nitrogen and oxygen atoms in total. The van der Waals surface area contributed by atoms with Crippen molar-refractivity contribution < 1.29 is 42.2 Å². The third-order valence-electron chi connectivity index (χ3n) is 7.68. The number of carboxylic acids is 1. The first kappa shape index (κ1) is 32.8. The Labute approximate surface area is 251 Å². The molecule has 1 saturated carbocycles. The van der Waals surface area contributed by atoms with Crippen LogP contribution in [-0.2, 0) is 4.79 Å². The molecule has 1 saturated heterocycles. The average molecular weight is 619 g/mol. The monoisotopic (exact) mass is 618 g/mol. The molecule has 2 heterocycles. The minimum atomic E-state index is -5.08. The molecule has 5 rings (SSSR count). The van der Waals surface area contributed by atoms with Crippen LogP contribution in [0.15, 0.2) is 66.9 Å². The predicted molar refractivity (Wildman–Crippen MR) is 153 cm³/mol. The fourth-order valence-electron chi connectivity index (χ4n) is 5.03.